The van der Waals surface area contributed by atoms with E-state index in [1.54, 1.807) is 91.9 Å². The summed E-state index contributed by atoms with van der Waals surface area (Å²) in [6.07, 6.45) is 14.8. The number of pyridine rings is 8. The Morgan fingerprint density at radius 3 is 0.883 bits per heavy atom. The molecule has 20 nitrogen and oxygen atoms in total. The Labute approximate surface area is 853 Å². The van der Waals surface area contributed by atoms with Gasteiger partial charge >= 0.3 is 0 Å². The van der Waals surface area contributed by atoms with Crippen LogP contribution in [0.25, 0.3) is 191 Å². The van der Waals surface area contributed by atoms with Gasteiger partial charge in [-0.15, -0.1) is 112 Å². The normalized spacial score (nSPS) is 11.1. The maximum Gasteiger partial charge on any atom is 0.162 e. The summed E-state index contributed by atoms with van der Waals surface area (Å²) in [5.41, 5.74) is 29.9. The zero-order valence-electron chi connectivity index (χ0n) is 76.7. The van der Waals surface area contributed by atoms with Crippen molar-refractivity contribution in [1.82, 2.24) is 78.1 Å². The van der Waals surface area contributed by atoms with Gasteiger partial charge in [0.25, 0.3) is 0 Å². The summed E-state index contributed by atoms with van der Waals surface area (Å²) in [4.78, 5) is 55.3. The minimum atomic E-state index is -0.0453. The van der Waals surface area contributed by atoms with Crippen molar-refractivity contribution in [3.8, 4) is 170 Å². The van der Waals surface area contributed by atoms with Gasteiger partial charge in [-0.3, -0.25) is 19.9 Å². The Bertz CT molecular complexity index is 7790. The maximum absolute atomic E-state index is 10.4. The molecule has 137 heavy (non-hydrogen) atoms. The topological polar surface area (TPSA) is 255 Å². The van der Waals surface area contributed by atoms with Crippen molar-refractivity contribution in [2.24, 2.45) is 34.1 Å². The number of benzene rings is 9. The SMILES string of the molecule is CC(C)Cc1cc(-c2ccccn2)[c-]c(-c2cccc3c2nc(-c2ncccc2O)n3C)c1.CC(C)c1cc(-c2ccccn2)[c-]c(-c2cccc3c2nc(-c2ncccc2O)n3C)c1.Cn1c(-c2ncccc2O)nc2c(-c3[c-]c(-c4ccccn4)cc(-c4ccccc4)c3)cccc21.Cn1c(-c2ncccc2O)nc2c(-c3[c-]c(-c4ccccn4)cc(C(C)(C)C)c3)cccc21.[Pt].[Pt].[Pt].[Pt]. The molecule has 0 aliphatic rings. The molecule has 0 atom stereocenters. The molecule has 12 aromatic heterocycles. The Morgan fingerprint density at radius 2 is 0.562 bits per heavy atom. The van der Waals surface area contributed by atoms with Crippen molar-refractivity contribution in [1.29, 1.82) is 0 Å². The molecule has 12 heterocycles. The van der Waals surface area contributed by atoms with Gasteiger partial charge < -0.3 is 38.7 Å². The number of nitrogens with zero attached hydrogens (tertiary/aromatic N) is 16. The van der Waals surface area contributed by atoms with E-state index in [9.17, 15) is 20.4 Å². The summed E-state index contributed by atoms with van der Waals surface area (Å²) in [5.74, 6) is 3.78. The maximum atomic E-state index is 10.4. The van der Waals surface area contributed by atoms with Gasteiger partial charge in [-0.25, -0.2) is 39.9 Å². The van der Waals surface area contributed by atoms with E-state index in [0.29, 0.717) is 57.9 Å². The molecule has 0 fully saturated rings. The summed E-state index contributed by atoms with van der Waals surface area (Å²) in [7, 11) is 7.76. The summed E-state index contributed by atoms with van der Waals surface area (Å²) >= 11 is 0. The number of aryl methyl sites for hydroxylation is 4. The summed E-state index contributed by atoms with van der Waals surface area (Å²) in [5, 5.41) is 41.4. The summed E-state index contributed by atoms with van der Waals surface area (Å²) in [6, 6.07) is 103. The third kappa shape index (κ3) is 21.2. The van der Waals surface area contributed by atoms with Crippen molar-refractivity contribution in [3.05, 3.63) is 364 Å². The predicted octanol–water partition coefficient (Wildman–Crippen LogP) is 24.8. The fourth-order valence-electron chi connectivity index (χ4n) is 16.6. The quantitative estimate of drug-likeness (QED) is 0.0656. The number of aromatic nitrogens is 16. The molecule has 21 aromatic rings. The average molecular weight is 2520 g/mol. The predicted molar refractivity (Wildman–Crippen MR) is 529 cm³/mol. The van der Waals surface area contributed by atoms with Crippen molar-refractivity contribution in [3.63, 3.8) is 0 Å². The number of para-hydroxylation sites is 4. The molecule has 0 amide bonds. The number of imidazole rings is 4. The number of rotatable bonds is 16. The molecule has 0 spiro atoms. The monoisotopic (exact) mass is 2520 g/mol. The first kappa shape index (κ1) is 99.0. The molecule has 21 rings (SSSR count). The van der Waals surface area contributed by atoms with Crippen molar-refractivity contribution in [2.75, 3.05) is 0 Å². The summed E-state index contributed by atoms with van der Waals surface area (Å²) < 4.78 is 7.86. The molecule has 0 unspecified atom stereocenters. The van der Waals surface area contributed by atoms with Crippen molar-refractivity contribution < 1.29 is 105 Å². The van der Waals surface area contributed by atoms with Crippen LogP contribution in [0.3, 0.4) is 0 Å². The molecule has 4 N–H and O–H groups in total. The van der Waals surface area contributed by atoms with Crippen LogP contribution in [0.4, 0.5) is 0 Å². The second kappa shape index (κ2) is 43.4. The van der Waals surface area contributed by atoms with Crippen LogP contribution in [0.15, 0.2) is 323 Å². The van der Waals surface area contributed by atoms with E-state index in [0.717, 1.165) is 151 Å². The Hall–Kier alpha value is -14.0. The number of hydrogen-bond acceptors (Lipinski definition) is 16. The minimum Gasteiger partial charge on any atom is -0.506 e. The van der Waals surface area contributed by atoms with Crippen LogP contribution in [-0.4, -0.2) is 98.5 Å². The summed E-state index contributed by atoms with van der Waals surface area (Å²) in [6.45, 7) is 15.4. The van der Waals surface area contributed by atoms with E-state index in [2.05, 4.69) is 198 Å². The second-order valence-corrected chi connectivity index (χ2v) is 34.3. The van der Waals surface area contributed by atoms with E-state index in [1.807, 2.05) is 192 Å². The van der Waals surface area contributed by atoms with E-state index < -0.39 is 0 Å². The largest absolute Gasteiger partial charge is 0.506 e. The van der Waals surface area contributed by atoms with Gasteiger partial charge in [-0.1, -0.05) is 226 Å². The van der Waals surface area contributed by atoms with Gasteiger partial charge in [0, 0.05) is 185 Å². The first-order valence-corrected chi connectivity index (χ1v) is 44.0. The molecular weight excluding hydrogens is 2430 g/mol. The average Bonchev–Trinajstić information content (AvgIpc) is 1.64. The standard InChI is InChI=1S/C30H21N4O.2C28H25N4O.C27H23N4O.4Pt/c1-34-26-13-7-11-24(28(26)33-30(34)29-27(35)14-8-16-32-29)22-17-21(20-9-3-2-4-10-20)18-23(19-22)25-12-5-6-15-31-25;1-28(2,3)20-16-18(15-19(17-20)22-10-5-6-13-29-22)21-9-7-11-23-25(21)31-27(32(23)4)26-24(33)12-8-14-30-26;1-18(2)14-19-15-20(17-21(16-19)23-9-4-5-12-29-23)22-8-6-10-24-26(22)31-28(32(24)3)27-25(33)11-7-13-30-27;1-17(2)18-14-19(16-20(15-18)22-9-4-5-12-28-22)21-8-6-10-23-25(21)30-27(31(23)3)26-24(32)11-7-13-29-26;;;;/h2-18,35H,1H3;5-14,16-17,33H,1-4H3;4-13,15-16,18,33H,14H2,1-3H3;4-15,17,32H,1-3H3;;;;/q4*-1;;;;. The molecule has 0 aliphatic carbocycles. The van der Waals surface area contributed by atoms with Crippen LogP contribution in [0.5, 0.6) is 23.0 Å². The fourth-order valence-corrected chi connectivity index (χ4v) is 16.6. The van der Waals surface area contributed by atoms with Crippen LogP contribution >= 0.6 is 0 Å². The number of aromatic hydroxyl groups is 4. The Kier molecular flexibility index (Phi) is 31.3. The minimum absolute atomic E-state index is 0. The van der Waals surface area contributed by atoms with Crippen molar-refractivity contribution in [2.45, 2.75) is 66.2 Å². The molecule has 9 aromatic carbocycles. The van der Waals surface area contributed by atoms with Crippen LogP contribution in [-0.2, 0) is 124 Å². The van der Waals surface area contributed by atoms with Gasteiger partial charge in [-0.05, 0) is 126 Å². The molecular formula is C113H94N16O4Pt4-4. The third-order valence-corrected chi connectivity index (χ3v) is 23.4. The number of hydrogen-bond donors (Lipinski definition) is 4. The molecule has 0 radical (unpaired) electrons. The molecule has 0 saturated heterocycles. The molecule has 694 valence electrons. The first-order chi connectivity index (χ1) is 64.5. The van der Waals surface area contributed by atoms with Gasteiger partial charge in [0.1, 0.15) is 45.8 Å². The van der Waals surface area contributed by atoms with E-state index in [-0.39, 0.29) is 113 Å². The van der Waals surface area contributed by atoms with Crippen LogP contribution in [0.2, 0.25) is 0 Å². The van der Waals surface area contributed by atoms with Gasteiger partial charge in [-0.2, -0.15) is 0 Å². The molecule has 24 heteroatoms. The number of fused-ring (bicyclic) bond motifs is 4. The van der Waals surface area contributed by atoms with Crippen LogP contribution < -0.4 is 0 Å². The zero-order valence-corrected chi connectivity index (χ0v) is 85.8. The van der Waals surface area contributed by atoms with Gasteiger partial charge in [0.15, 0.2) is 23.3 Å². The van der Waals surface area contributed by atoms with Gasteiger partial charge in [0.05, 0.1) is 44.1 Å². The Morgan fingerprint density at radius 1 is 0.285 bits per heavy atom. The van der Waals surface area contributed by atoms with E-state index >= 15 is 0 Å². The van der Waals surface area contributed by atoms with E-state index in [4.69, 9.17) is 19.9 Å². The second-order valence-electron chi connectivity index (χ2n) is 34.3. The van der Waals surface area contributed by atoms with E-state index in [1.165, 1.54) is 16.7 Å². The molecule has 0 aliphatic heterocycles. The molecule has 0 saturated carbocycles. The molecule has 0 bridgehead atoms. The smallest absolute Gasteiger partial charge is 0.162 e. The van der Waals surface area contributed by atoms with Crippen molar-refractivity contribution >= 4 is 44.1 Å². The van der Waals surface area contributed by atoms with Crippen LogP contribution in [0.1, 0.15) is 71.1 Å². The van der Waals surface area contributed by atoms with Gasteiger partial charge in [0.2, 0.25) is 0 Å². The Balaban J connectivity index is 0.000000145. The first-order valence-electron chi connectivity index (χ1n) is 44.0. The fraction of sp³-hybridized carbons (Fsp3) is 0.133. The van der Waals surface area contributed by atoms with Crippen LogP contribution in [0, 0.1) is 30.2 Å². The zero-order chi connectivity index (χ0) is 92.1. The third-order valence-electron chi connectivity index (χ3n) is 23.4.